The van der Waals surface area contributed by atoms with Gasteiger partial charge in [-0.05, 0) is 24.3 Å². The first-order valence-electron chi connectivity index (χ1n) is 7.67. The lowest BCUT2D eigenvalue weighted by molar-refractivity contribution is -0.187. The molecule has 1 aromatic carbocycles. The molecule has 2 aliphatic heterocycles. The highest BCUT2D eigenvalue weighted by atomic mass is 19.1. The van der Waals surface area contributed by atoms with Crippen molar-refractivity contribution in [1.82, 2.24) is 4.90 Å². The van der Waals surface area contributed by atoms with E-state index in [2.05, 4.69) is 5.32 Å². The van der Waals surface area contributed by atoms with Crippen molar-refractivity contribution >= 4 is 17.5 Å². The normalized spacial score (nSPS) is 19.8. The van der Waals surface area contributed by atoms with Crippen LogP contribution in [0.1, 0.15) is 19.3 Å². The van der Waals surface area contributed by atoms with Gasteiger partial charge in [0.05, 0.1) is 13.2 Å². The number of hydrogen-bond acceptors (Lipinski definition) is 4. The summed E-state index contributed by atoms with van der Waals surface area (Å²) in [6.45, 7) is 2.22. The average Bonchev–Trinajstić information content (AvgIpc) is 2.98. The molecule has 0 saturated carbocycles. The van der Waals surface area contributed by atoms with Crippen molar-refractivity contribution in [3.63, 3.8) is 0 Å². The van der Waals surface area contributed by atoms with Gasteiger partial charge < -0.3 is 19.7 Å². The zero-order valence-corrected chi connectivity index (χ0v) is 12.7. The first-order valence-corrected chi connectivity index (χ1v) is 7.67. The van der Waals surface area contributed by atoms with Crippen LogP contribution in [0.2, 0.25) is 0 Å². The van der Waals surface area contributed by atoms with E-state index in [9.17, 15) is 14.0 Å². The molecule has 2 saturated heterocycles. The third-order valence-electron chi connectivity index (χ3n) is 4.13. The molecule has 0 aliphatic carbocycles. The van der Waals surface area contributed by atoms with Gasteiger partial charge >= 0.3 is 0 Å². The smallest absolute Gasteiger partial charge is 0.233 e. The lowest BCUT2D eigenvalue weighted by atomic mass is 10.0. The van der Waals surface area contributed by atoms with Crippen molar-refractivity contribution in [3.8, 4) is 0 Å². The molecule has 1 aromatic rings. The molecular weight excluding hydrogens is 303 g/mol. The maximum absolute atomic E-state index is 12.8. The number of anilines is 1. The van der Waals surface area contributed by atoms with Gasteiger partial charge in [0.2, 0.25) is 11.8 Å². The average molecular weight is 322 g/mol. The van der Waals surface area contributed by atoms with Crippen molar-refractivity contribution in [2.45, 2.75) is 25.0 Å². The molecule has 2 amide bonds. The Morgan fingerprint density at radius 2 is 1.74 bits per heavy atom. The fourth-order valence-electron chi connectivity index (χ4n) is 2.87. The predicted molar refractivity (Wildman–Crippen MR) is 80.1 cm³/mol. The van der Waals surface area contributed by atoms with Gasteiger partial charge in [0, 0.05) is 31.6 Å². The van der Waals surface area contributed by atoms with Crippen LogP contribution < -0.4 is 5.32 Å². The van der Waals surface area contributed by atoms with Gasteiger partial charge in [-0.15, -0.1) is 0 Å². The Balaban J connectivity index is 1.47. The van der Waals surface area contributed by atoms with Crippen LogP contribution in [0.4, 0.5) is 10.1 Å². The van der Waals surface area contributed by atoms with E-state index >= 15 is 0 Å². The van der Waals surface area contributed by atoms with Crippen LogP contribution in [0.25, 0.3) is 0 Å². The Morgan fingerprint density at radius 1 is 1.13 bits per heavy atom. The molecule has 2 heterocycles. The minimum absolute atomic E-state index is 0.225. The van der Waals surface area contributed by atoms with Gasteiger partial charge in [-0.2, -0.15) is 0 Å². The Hall–Kier alpha value is -1.99. The highest BCUT2D eigenvalue weighted by molar-refractivity contribution is 6.03. The Morgan fingerprint density at radius 3 is 2.35 bits per heavy atom. The third-order valence-corrected chi connectivity index (χ3v) is 4.13. The first kappa shape index (κ1) is 15.9. The Bertz CT molecular complexity index is 574. The molecule has 6 nitrogen and oxygen atoms in total. The quantitative estimate of drug-likeness (QED) is 0.857. The monoisotopic (exact) mass is 322 g/mol. The summed E-state index contributed by atoms with van der Waals surface area (Å²) < 4.78 is 24.0. The van der Waals surface area contributed by atoms with Crippen LogP contribution in [0.15, 0.2) is 24.3 Å². The number of carbonyl (C=O) groups excluding carboxylic acids is 2. The number of halogens is 1. The van der Waals surface area contributed by atoms with Gasteiger partial charge in [0.25, 0.3) is 0 Å². The van der Waals surface area contributed by atoms with E-state index in [1.165, 1.54) is 24.3 Å². The lowest BCUT2D eigenvalue weighted by Crippen LogP contribution is -2.47. The van der Waals surface area contributed by atoms with Crippen LogP contribution in [-0.4, -0.2) is 48.8 Å². The van der Waals surface area contributed by atoms with Crippen molar-refractivity contribution in [2.24, 2.45) is 0 Å². The van der Waals surface area contributed by atoms with Crippen LogP contribution in [0.3, 0.4) is 0 Å². The van der Waals surface area contributed by atoms with Gasteiger partial charge in [-0.25, -0.2) is 4.39 Å². The summed E-state index contributed by atoms with van der Waals surface area (Å²) in [5.41, 5.74) is 0.467. The molecule has 7 heteroatoms. The first-order chi connectivity index (χ1) is 11.1. The molecule has 0 unspecified atom stereocenters. The number of nitrogens with one attached hydrogen (secondary N) is 1. The van der Waals surface area contributed by atoms with Crippen molar-refractivity contribution < 1.29 is 23.5 Å². The lowest BCUT2D eigenvalue weighted by Gasteiger charge is -2.37. The predicted octanol–water partition coefficient (Wildman–Crippen LogP) is 1.52. The highest BCUT2D eigenvalue weighted by Gasteiger charge is 2.40. The Labute approximate surface area is 133 Å². The molecule has 0 radical (unpaired) electrons. The molecular formula is C16H19FN2O4. The molecule has 2 fully saturated rings. The topological polar surface area (TPSA) is 67.9 Å². The summed E-state index contributed by atoms with van der Waals surface area (Å²) >= 11 is 0. The zero-order chi connectivity index (χ0) is 16.3. The number of likely N-dealkylation sites (tertiary alicyclic amines) is 1. The minimum Gasteiger partial charge on any atom is -0.347 e. The molecule has 3 rings (SSSR count). The molecule has 1 N–H and O–H groups in total. The van der Waals surface area contributed by atoms with Crippen molar-refractivity contribution in [3.05, 3.63) is 30.1 Å². The molecule has 124 valence electrons. The van der Waals surface area contributed by atoms with E-state index in [1.54, 1.807) is 4.90 Å². The third kappa shape index (κ3) is 3.86. The van der Waals surface area contributed by atoms with Gasteiger partial charge in [-0.1, -0.05) is 0 Å². The maximum atomic E-state index is 12.8. The van der Waals surface area contributed by atoms with E-state index in [0.29, 0.717) is 44.8 Å². The van der Waals surface area contributed by atoms with Gasteiger partial charge in [-0.3, -0.25) is 9.59 Å². The molecule has 0 aromatic heterocycles. The molecule has 0 atom stereocenters. The number of carbonyl (C=O) groups is 2. The second kappa shape index (κ2) is 6.64. The number of ether oxygens (including phenoxy) is 2. The van der Waals surface area contributed by atoms with Crippen LogP contribution >= 0.6 is 0 Å². The van der Waals surface area contributed by atoms with E-state index in [1.807, 2.05) is 0 Å². The summed E-state index contributed by atoms with van der Waals surface area (Å²) in [4.78, 5) is 25.7. The van der Waals surface area contributed by atoms with Crippen LogP contribution in [-0.2, 0) is 19.1 Å². The summed E-state index contributed by atoms with van der Waals surface area (Å²) in [7, 11) is 0. The molecule has 0 bridgehead atoms. The van der Waals surface area contributed by atoms with Gasteiger partial charge in [0.15, 0.2) is 5.79 Å². The summed E-state index contributed by atoms with van der Waals surface area (Å²) in [6, 6.07) is 5.42. The summed E-state index contributed by atoms with van der Waals surface area (Å²) in [6.07, 6.45) is 1.02. The number of hydrogen-bond donors (Lipinski definition) is 1. The highest BCUT2D eigenvalue weighted by Crippen LogP contribution is 2.31. The summed E-state index contributed by atoms with van der Waals surface area (Å²) in [5.74, 6) is -1.54. The number of rotatable bonds is 3. The molecule has 23 heavy (non-hydrogen) atoms. The standard InChI is InChI=1S/C16H19FN2O4/c17-12-1-3-13(4-2-12)18-14(20)11-15(21)19-7-5-16(6-8-19)22-9-10-23-16/h1-4H,5-11H2,(H,18,20). The van der Waals surface area contributed by atoms with Gasteiger partial charge in [0.1, 0.15) is 12.2 Å². The molecule has 2 aliphatic rings. The van der Waals surface area contributed by atoms with Crippen molar-refractivity contribution in [1.29, 1.82) is 0 Å². The van der Waals surface area contributed by atoms with E-state index in [4.69, 9.17) is 9.47 Å². The maximum Gasteiger partial charge on any atom is 0.233 e. The summed E-state index contributed by atoms with van der Waals surface area (Å²) in [5, 5.41) is 2.59. The van der Waals surface area contributed by atoms with E-state index in [-0.39, 0.29) is 18.1 Å². The van der Waals surface area contributed by atoms with Crippen molar-refractivity contribution in [2.75, 3.05) is 31.6 Å². The van der Waals surface area contributed by atoms with Crippen LogP contribution in [0.5, 0.6) is 0 Å². The Kier molecular flexibility index (Phi) is 4.58. The fraction of sp³-hybridized carbons (Fsp3) is 0.500. The van der Waals surface area contributed by atoms with Crippen LogP contribution in [0, 0.1) is 5.82 Å². The number of benzene rings is 1. The largest absolute Gasteiger partial charge is 0.347 e. The number of piperidine rings is 1. The number of nitrogens with zero attached hydrogens (tertiary/aromatic N) is 1. The van der Waals surface area contributed by atoms with E-state index < -0.39 is 11.7 Å². The fourth-order valence-corrected chi connectivity index (χ4v) is 2.87. The second-order valence-electron chi connectivity index (χ2n) is 5.72. The minimum atomic E-state index is -0.535. The second-order valence-corrected chi connectivity index (χ2v) is 5.72. The van der Waals surface area contributed by atoms with E-state index in [0.717, 1.165) is 0 Å². The SMILES string of the molecule is O=C(CC(=O)N1CCC2(CC1)OCCO2)Nc1ccc(F)cc1. The number of amides is 2. The zero-order valence-electron chi connectivity index (χ0n) is 12.7. The molecule has 1 spiro atoms.